The van der Waals surface area contributed by atoms with Gasteiger partial charge in [-0.05, 0) is 24.6 Å². The van der Waals surface area contributed by atoms with Gasteiger partial charge < -0.3 is 10.4 Å². The van der Waals surface area contributed by atoms with Crippen molar-refractivity contribution in [1.29, 1.82) is 0 Å². The molecule has 0 atom stereocenters. The lowest BCUT2D eigenvalue weighted by molar-refractivity contribution is 0.102. The van der Waals surface area contributed by atoms with Crippen LogP contribution in [0.2, 0.25) is 0 Å². The van der Waals surface area contributed by atoms with E-state index in [4.69, 9.17) is 5.11 Å². The SMILES string of the molecule is O=C(Nc1cnccc1SCCCO)c1csc(Cc2c(F)cccc2F)n1. The fourth-order valence-corrected chi connectivity index (χ4v) is 4.08. The summed E-state index contributed by atoms with van der Waals surface area (Å²) in [6.45, 7) is 0.101. The van der Waals surface area contributed by atoms with Gasteiger partial charge in [0.25, 0.3) is 5.91 Å². The number of anilines is 1. The van der Waals surface area contributed by atoms with Gasteiger partial charge in [-0.2, -0.15) is 0 Å². The number of aliphatic hydroxyl groups is 1. The third kappa shape index (κ3) is 5.12. The molecule has 0 aliphatic heterocycles. The number of nitrogens with zero attached hydrogens (tertiary/aromatic N) is 2. The number of thiazole rings is 1. The third-order valence-electron chi connectivity index (χ3n) is 3.76. The molecule has 0 unspecified atom stereocenters. The number of thioether (sulfide) groups is 1. The van der Waals surface area contributed by atoms with Crippen molar-refractivity contribution in [3.63, 3.8) is 0 Å². The first-order valence-corrected chi connectivity index (χ1v) is 10.3. The van der Waals surface area contributed by atoms with Crippen molar-refractivity contribution in [3.05, 3.63) is 69.9 Å². The molecular weight excluding hydrogens is 404 g/mol. The summed E-state index contributed by atoms with van der Waals surface area (Å²) in [5, 5.41) is 13.7. The highest BCUT2D eigenvalue weighted by molar-refractivity contribution is 7.99. The van der Waals surface area contributed by atoms with E-state index >= 15 is 0 Å². The molecule has 2 heterocycles. The first kappa shape index (κ1) is 20.4. The van der Waals surface area contributed by atoms with E-state index in [2.05, 4.69) is 15.3 Å². The minimum absolute atomic E-state index is 0.0222. The van der Waals surface area contributed by atoms with Crippen LogP contribution < -0.4 is 5.32 Å². The topological polar surface area (TPSA) is 75.1 Å². The van der Waals surface area contributed by atoms with Crippen molar-refractivity contribution in [1.82, 2.24) is 9.97 Å². The highest BCUT2D eigenvalue weighted by atomic mass is 32.2. The number of hydrogen-bond donors (Lipinski definition) is 2. The first-order chi connectivity index (χ1) is 13.6. The van der Waals surface area contributed by atoms with Gasteiger partial charge in [0.1, 0.15) is 17.3 Å². The van der Waals surface area contributed by atoms with Crippen molar-refractivity contribution in [3.8, 4) is 0 Å². The predicted molar refractivity (Wildman–Crippen MR) is 106 cm³/mol. The summed E-state index contributed by atoms with van der Waals surface area (Å²) in [7, 11) is 0. The quantitative estimate of drug-likeness (QED) is 0.423. The molecule has 0 fully saturated rings. The Morgan fingerprint density at radius 2 is 2.04 bits per heavy atom. The number of carbonyl (C=O) groups is 1. The Morgan fingerprint density at radius 3 is 2.79 bits per heavy atom. The molecule has 0 aliphatic rings. The van der Waals surface area contributed by atoms with Gasteiger partial charge in [-0.1, -0.05) is 6.07 Å². The second-order valence-electron chi connectivity index (χ2n) is 5.76. The Bertz CT molecular complexity index is 946. The van der Waals surface area contributed by atoms with Crippen LogP contribution in [0.4, 0.5) is 14.5 Å². The van der Waals surface area contributed by atoms with Crippen molar-refractivity contribution in [2.75, 3.05) is 17.7 Å². The molecule has 0 aliphatic carbocycles. The van der Waals surface area contributed by atoms with Gasteiger partial charge >= 0.3 is 0 Å². The summed E-state index contributed by atoms with van der Waals surface area (Å²) in [6, 6.07) is 5.47. The lowest BCUT2D eigenvalue weighted by Crippen LogP contribution is -2.13. The number of rotatable bonds is 8. The molecule has 2 aromatic heterocycles. The van der Waals surface area contributed by atoms with Crippen LogP contribution in [0.3, 0.4) is 0 Å². The molecule has 0 radical (unpaired) electrons. The minimum Gasteiger partial charge on any atom is -0.396 e. The fourth-order valence-electron chi connectivity index (χ4n) is 2.38. The molecule has 0 spiro atoms. The van der Waals surface area contributed by atoms with Crippen LogP contribution in [0.5, 0.6) is 0 Å². The largest absolute Gasteiger partial charge is 0.396 e. The molecule has 2 N–H and O–H groups in total. The van der Waals surface area contributed by atoms with E-state index < -0.39 is 17.5 Å². The fraction of sp³-hybridized carbons (Fsp3) is 0.211. The zero-order valence-electron chi connectivity index (χ0n) is 14.7. The molecule has 3 rings (SSSR count). The van der Waals surface area contributed by atoms with Gasteiger partial charge in [0.15, 0.2) is 0 Å². The molecule has 1 aromatic carbocycles. The summed E-state index contributed by atoms with van der Waals surface area (Å²) in [4.78, 5) is 21.6. The Hall–Kier alpha value is -2.36. The van der Waals surface area contributed by atoms with Crippen LogP contribution in [-0.4, -0.2) is 33.3 Å². The summed E-state index contributed by atoms with van der Waals surface area (Å²) >= 11 is 2.67. The number of hydrogen-bond acceptors (Lipinski definition) is 6. The Labute approximate surface area is 168 Å². The normalized spacial score (nSPS) is 10.8. The van der Waals surface area contributed by atoms with Gasteiger partial charge in [0, 0.05) is 40.8 Å². The van der Waals surface area contributed by atoms with Crippen molar-refractivity contribution in [2.24, 2.45) is 0 Å². The highest BCUT2D eigenvalue weighted by Gasteiger charge is 2.16. The molecule has 0 saturated carbocycles. The van der Waals surface area contributed by atoms with Crippen LogP contribution in [-0.2, 0) is 6.42 Å². The van der Waals surface area contributed by atoms with E-state index in [9.17, 15) is 13.6 Å². The van der Waals surface area contributed by atoms with E-state index in [-0.39, 0.29) is 24.3 Å². The molecule has 5 nitrogen and oxygen atoms in total. The van der Waals surface area contributed by atoms with Gasteiger partial charge in [0.2, 0.25) is 0 Å². The lowest BCUT2D eigenvalue weighted by Gasteiger charge is -2.09. The van der Waals surface area contributed by atoms with Gasteiger partial charge in [0.05, 0.1) is 16.9 Å². The molecule has 146 valence electrons. The number of aliphatic hydroxyl groups excluding tert-OH is 1. The van der Waals surface area contributed by atoms with Crippen LogP contribution >= 0.6 is 23.1 Å². The van der Waals surface area contributed by atoms with Crippen molar-refractivity contribution < 1.29 is 18.7 Å². The van der Waals surface area contributed by atoms with E-state index in [0.29, 0.717) is 22.9 Å². The van der Waals surface area contributed by atoms with Gasteiger partial charge in [-0.15, -0.1) is 23.1 Å². The Morgan fingerprint density at radius 1 is 1.25 bits per heavy atom. The summed E-state index contributed by atoms with van der Waals surface area (Å²) in [5.41, 5.74) is 0.649. The highest BCUT2D eigenvalue weighted by Crippen LogP contribution is 2.27. The number of halogens is 2. The molecular formula is C19H17F2N3O2S2. The van der Waals surface area contributed by atoms with Gasteiger partial charge in [-0.25, -0.2) is 13.8 Å². The number of pyridine rings is 1. The zero-order valence-corrected chi connectivity index (χ0v) is 16.3. The first-order valence-electron chi connectivity index (χ1n) is 8.45. The van der Waals surface area contributed by atoms with Crippen molar-refractivity contribution >= 4 is 34.7 Å². The monoisotopic (exact) mass is 421 g/mol. The Balaban J connectivity index is 1.70. The van der Waals surface area contributed by atoms with Crippen LogP contribution in [0, 0.1) is 11.6 Å². The summed E-state index contributed by atoms with van der Waals surface area (Å²) < 4.78 is 27.6. The Kier molecular flexibility index (Phi) is 7.07. The summed E-state index contributed by atoms with van der Waals surface area (Å²) in [6.07, 6.45) is 3.79. The van der Waals surface area contributed by atoms with Crippen LogP contribution in [0.15, 0.2) is 46.9 Å². The van der Waals surface area contributed by atoms with Crippen LogP contribution in [0.25, 0.3) is 0 Å². The average Bonchev–Trinajstić information content (AvgIpc) is 3.15. The number of carbonyl (C=O) groups excluding carboxylic acids is 1. The molecule has 1 amide bonds. The molecule has 28 heavy (non-hydrogen) atoms. The average molecular weight is 421 g/mol. The predicted octanol–water partition coefficient (Wildman–Crippen LogP) is 4.13. The standard InChI is InChI=1S/C19H17F2N3O2S2/c20-13-3-1-4-14(21)12(13)9-18-23-16(11-28-18)19(26)24-15-10-22-6-5-17(15)27-8-2-7-25/h1,3-6,10-11,25H,2,7-9H2,(H,24,26). The van der Waals surface area contributed by atoms with Crippen LogP contribution in [0.1, 0.15) is 27.5 Å². The maximum Gasteiger partial charge on any atom is 0.275 e. The molecule has 0 bridgehead atoms. The van der Waals surface area contributed by atoms with Gasteiger partial charge in [-0.3, -0.25) is 9.78 Å². The minimum atomic E-state index is -0.638. The number of aromatic nitrogens is 2. The second kappa shape index (κ2) is 9.72. The van der Waals surface area contributed by atoms with E-state index in [1.165, 1.54) is 41.3 Å². The smallest absolute Gasteiger partial charge is 0.275 e. The lowest BCUT2D eigenvalue weighted by atomic mass is 10.1. The maximum atomic E-state index is 13.8. The number of nitrogens with one attached hydrogen (secondary N) is 1. The van der Waals surface area contributed by atoms with E-state index in [0.717, 1.165) is 4.90 Å². The van der Waals surface area contributed by atoms with E-state index in [1.807, 2.05) is 0 Å². The molecule has 0 saturated heterocycles. The second-order valence-corrected chi connectivity index (χ2v) is 7.83. The summed E-state index contributed by atoms with van der Waals surface area (Å²) in [5.74, 6) is -0.992. The van der Waals surface area contributed by atoms with E-state index in [1.54, 1.807) is 23.8 Å². The van der Waals surface area contributed by atoms with Crippen molar-refractivity contribution in [2.45, 2.75) is 17.7 Å². The molecule has 3 aromatic rings. The zero-order chi connectivity index (χ0) is 19.9. The third-order valence-corrected chi connectivity index (χ3v) is 5.77. The maximum absolute atomic E-state index is 13.8. The number of benzene rings is 1. The number of amides is 1. The molecule has 9 heteroatoms.